The molecule has 4 N–H and O–H groups in total. The summed E-state index contributed by atoms with van der Waals surface area (Å²) in [5, 5.41) is 20.7. The molecule has 0 fully saturated rings. The van der Waals surface area contributed by atoms with Crippen molar-refractivity contribution in [2.45, 2.75) is 13.1 Å². The zero-order valence-electron chi connectivity index (χ0n) is 12.7. The number of oxime groups is 1. The van der Waals surface area contributed by atoms with E-state index in [-0.39, 0.29) is 16.9 Å². The maximum absolute atomic E-state index is 12.9. The molecular formula is C15H12F3N3O4. The highest BCUT2D eigenvalue weighted by Gasteiger charge is 2.31. The lowest BCUT2D eigenvalue weighted by atomic mass is 10.1. The van der Waals surface area contributed by atoms with E-state index in [1.54, 1.807) is 0 Å². The number of hydrogen-bond donors (Lipinski definition) is 3. The second kappa shape index (κ2) is 6.30. The molecule has 0 saturated heterocycles. The van der Waals surface area contributed by atoms with Gasteiger partial charge < -0.3 is 16.0 Å². The van der Waals surface area contributed by atoms with Crippen LogP contribution in [0.15, 0.2) is 40.3 Å². The molecular weight excluding hydrogens is 343 g/mol. The van der Waals surface area contributed by atoms with Crippen LogP contribution in [-0.4, -0.2) is 26.7 Å². The number of nitrogens with zero attached hydrogens (tertiary/aromatic N) is 2. The Hall–Kier alpha value is -3.30. The van der Waals surface area contributed by atoms with Gasteiger partial charge in [0, 0.05) is 16.9 Å². The first-order valence-corrected chi connectivity index (χ1v) is 6.73. The molecule has 7 nitrogen and oxygen atoms in total. The summed E-state index contributed by atoms with van der Waals surface area (Å²) in [6, 6.07) is 4.72. The fraction of sp³-hybridized carbons (Fsp3) is 0.133. The Balaban J connectivity index is 2.88. The van der Waals surface area contributed by atoms with Gasteiger partial charge in [-0.15, -0.1) is 0 Å². The third kappa shape index (κ3) is 3.32. The van der Waals surface area contributed by atoms with Crippen LogP contribution >= 0.6 is 0 Å². The Bertz CT molecular complexity index is 933. The number of aromatic carboxylic acids is 1. The summed E-state index contributed by atoms with van der Waals surface area (Å²) in [5.41, 5.74) is 2.40. The second-order valence-corrected chi connectivity index (χ2v) is 5.04. The Kier molecular flexibility index (Phi) is 4.55. The van der Waals surface area contributed by atoms with Gasteiger partial charge in [0.05, 0.1) is 5.56 Å². The molecule has 132 valence electrons. The number of rotatable bonds is 3. The average Bonchev–Trinajstić information content (AvgIpc) is 2.53. The van der Waals surface area contributed by atoms with E-state index in [2.05, 4.69) is 5.16 Å². The Morgan fingerprint density at radius 2 is 1.88 bits per heavy atom. The molecule has 0 aliphatic rings. The van der Waals surface area contributed by atoms with E-state index in [9.17, 15) is 22.8 Å². The van der Waals surface area contributed by atoms with Crippen molar-refractivity contribution < 1.29 is 28.3 Å². The van der Waals surface area contributed by atoms with Crippen molar-refractivity contribution in [3.8, 4) is 5.69 Å². The van der Waals surface area contributed by atoms with E-state index < -0.39 is 34.7 Å². The van der Waals surface area contributed by atoms with Crippen molar-refractivity contribution >= 4 is 11.8 Å². The number of pyridine rings is 1. The SMILES string of the molecule is Cc1c(C(N)=NO)cc(C(=O)O)c(=O)n1-c1cccc(C(F)(F)F)c1. The third-order valence-corrected chi connectivity index (χ3v) is 3.49. The van der Waals surface area contributed by atoms with E-state index in [1.165, 1.54) is 13.0 Å². The minimum Gasteiger partial charge on any atom is -0.477 e. The highest BCUT2D eigenvalue weighted by molar-refractivity contribution is 6.00. The number of hydrogen-bond acceptors (Lipinski definition) is 4. The average molecular weight is 355 g/mol. The normalized spacial score (nSPS) is 12.2. The largest absolute Gasteiger partial charge is 0.477 e. The standard InChI is InChI=1S/C15H12F3N3O4/c1-7-10(12(19)20-25)6-11(14(23)24)13(22)21(7)9-4-2-3-8(5-9)15(16,17)18/h2-6,25H,1H3,(H2,19,20)(H,23,24). The summed E-state index contributed by atoms with van der Waals surface area (Å²) in [7, 11) is 0. The second-order valence-electron chi connectivity index (χ2n) is 5.04. The van der Waals surface area contributed by atoms with Crippen molar-refractivity contribution in [1.82, 2.24) is 4.57 Å². The molecule has 0 atom stereocenters. The van der Waals surface area contributed by atoms with Gasteiger partial charge in [-0.05, 0) is 31.2 Å². The fourth-order valence-electron chi connectivity index (χ4n) is 2.30. The molecule has 1 aromatic carbocycles. The molecule has 0 unspecified atom stereocenters. The van der Waals surface area contributed by atoms with Gasteiger partial charge in [-0.1, -0.05) is 11.2 Å². The molecule has 0 bridgehead atoms. The Labute approximate surface area is 138 Å². The van der Waals surface area contributed by atoms with E-state index >= 15 is 0 Å². The van der Waals surface area contributed by atoms with Crippen LogP contribution in [0.4, 0.5) is 13.2 Å². The van der Waals surface area contributed by atoms with Crippen LogP contribution < -0.4 is 11.3 Å². The molecule has 0 aliphatic carbocycles. The summed E-state index contributed by atoms with van der Waals surface area (Å²) >= 11 is 0. The van der Waals surface area contributed by atoms with Gasteiger partial charge in [0.1, 0.15) is 5.56 Å². The molecule has 1 heterocycles. The van der Waals surface area contributed by atoms with Gasteiger partial charge in [-0.25, -0.2) is 4.79 Å². The van der Waals surface area contributed by atoms with Crippen LogP contribution in [0.5, 0.6) is 0 Å². The third-order valence-electron chi connectivity index (χ3n) is 3.49. The smallest absolute Gasteiger partial charge is 0.416 e. The molecule has 2 rings (SSSR count). The van der Waals surface area contributed by atoms with E-state index in [1.807, 2.05) is 0 Å². The van der Waals surface area contributed by atoms with Crippen LogP contribution in [-0.2, 0) is 6.18 Å². The van der Waals surface area contributed by atoms with Crippen molar-refractivity contribution in [2.24, 2.45) is 10.9 Å². The number of carboxylic acid groups (broad SMARTS) is 1. The molecule has 0 saturated carbocycles. The summed E-state index contributed by atoms with van der Waals surface area (Å²) < 4.78 is 39.5. The van der Waals surface area contributed by atoms with Crippen LogP contribution in [0.25, 0.3) is 5.69 Å². The van der Waals surface area contributed by atoms with Gasteiger partial charge in [0.2, 0.25) is 0 Å². The lowest BCUT2D eigenvalue weighted by molar-refractivity contribution is -0.137. The number of halogens is 3. The predicted molar refractivity (Wildman–Crippen MR) is 81.2 cm³/mol. The summed E-state index contributed by atoms with van der Waals surface area (Å²) in [6.07, 6.45) is -4.65. The number of aromatic nitrogens is 1. The van der Waals surface area contributed by atoms with Crippen LogP contribution in [0.1, 0.15) is 27.2 Å². The Morgan fingerprint density at radius 3 is 2.40 bits per heavy atom. The number of nitrogens with two attached hydrogens (primary N) is 1. The quantitative estimate of drug-likeness (QED) is 0.337. The number of carboxylic acids is 1. The number of alkyl halides is 3. The first-order chi connectivity index (χ1) is 11.6. The van der Waals surface area contributed by atoms with Gasteiger partial charge in [-0.2, -0.15) is 13.2 Å². The number of amidine groups is 1. The monoisotopic (exact) mass is 355 g/mol. The number of carbonyl (C=O) groups is 1. The van der Waals surface area contributed by atoms with Gasteiger partial charge in [0.25, 0.3) is 5.56 Å². The first kappa shape index (κ1) is 18.0. The van der Waals surface area contributed by atoms with Gasteiger partial charge >= 0.3 is 12.1 Å². The van der Waals surface area contributed by atoms with Crippen molar-refractivity contribution in [3.05, 3.63) is 63.1 Å². The highest BCUT2D eigenvalue weighted by Crippen LogP contribution is 2.30. The molecule has 0 radical (unpaired) electrons. The minimum absolute atomic E-state index is 0.0182. The zero-order chi connectivity index (χ0) is 18.9. The topological polar surface area (TPSA) is 118 Å². The van der Waals surface area contributed by atoms with Gasteiger partial charge in [0.15, 0.2) is 5.84 Å². The van der Waals surface area contributed by atoms with Crippen molar-refractivity contribution in [1.29, 1.82) is 0 Å². The van der Waals surface area contributed by atoms with Crippen LogP contribution in [0.3, 0.4) is 0 Å². The van der Waals surface area contributed by atoms with Crippen molar-refractivity contribution in [3.63, 3.8) is 0 Å². The van der Waals surface area contributed by atoms with Crippen molar-refractivity contribution in [2.75, 3.05) is 0 Å². The Morgan fingerprint density at radius 1 is 1.24 bits per heavy atom. The molecule has 2 aromatic rings. The van der Waals surface area contributed by atoms with Gasteiger partial charge in [-0.3, -0.25) is 9.36 Å². The molecule has 0 amide bonds. The van der Waals surface area contributed by atoms with E-state index in [0.717, 1.165) is 22.8 Å². The maximum Gasteiger partial charge on any atom is 0.416 e. The van der Waals surface area contributed by atoms with E-state index in [4.69, 9.17) is 16.0 Å². The maximum atomic E-state index is 12.9. The minimum atomic E-state index is -4.65. The lowest BCUT2D eigenvalue weighted by Crippen LogP contribution is -2.30. The molecule has 1 aromatic heterocycles. The predicted octanol–water partition coefficient (Wildman–Crippen LogP) is 1.96. The van der Waals surface area contributed by atoms with Crippen LogP contribution in [0.2, 0.25) is 0 Å². The molecule has 25 heavy (non-hydrogen) atoms. The molecule has 0 spiro atoms. The molecule has 10 heteroatoms. The summed E-state index contributed by atoms with van der Waals surface area (Å²) in [6.45, 7) is 1.33. The first-order valence-electron chi connectivity index (χ1n) is 6.73. The lowest BCUT2D eigenvalue weighted by Gasteiger charge is -2.16. The van der Waals surface area contributed by atoms with E-state index in [0.29, 0.717) is 6.07 Å². The fourth-order valence-corrected chi connectivity index (χ4v) is 2.30. The van der Waals surface area contributed by atoms with Crippen LogP contribution in [0, 0.1) is 6.92 Å². The summed E-state index contributed by atoms with van der Waals surface area (Å²) in [4.78, 5) is 23.7. The highest BCUT2D eigenvalue weighted by atomic mass is 19.4. The number of benzene rings is 1. The summed E-state index contributed by atoms with van der Waals surface area (Å²) in [5.74, 6) is -2.08. The zero-order valence-corrected chi connectivity index (χ0v) is 12.7. The molecule has 0 aliphatic heterocycles.